The average Bonchev–Trinajstić information content (AvgIpc) is 4.01. The second-order valence-electron chi connectivity index (χ2n) is 16.3. The van der Waals surface area contributed by atoms with Gasteiger partial charge < -0.3 is 13.3 Å². The zero-order valence-electron chi connectivity index (χ0n) is 32.7. The summed E-state index contributed by atoms with van der Waals surface area (Å²) in [5.41, 5.74) is 12.2. The van der Waals surface area contributed by atoms with E-state index in [0.717, 1.165) is 93.3 Å². The molecule has 3 heterocycles. The summed E-state index contributed by atoms with van der Waals surface area (Å²) in [5.74, 6) is 0. The SMILES string of the molecule is c1ccc2cc(-c3c4ccccc4c(-c4ccc5c(c4)oc4cc(-c6cc7c8ccc9oc%10ccccc%10c9c8oc7c7ccccc67)ccc45)c4ccccc34)ccc2c1. The molecule has 0 aliphatic carbocycles. The Labute approximate surface area is 348 Å². The third kappa shape index (κ3) is 4.63. The maximum Gasteiger partial charge on any atom is 0.147 e. The van der Waals surface area contributed by atoms with E-state index in [0.29, 0.717) is 0 Å². The van der Waals surface area contributed by atoms with E-state index >= 15 is 0 Å². The Morgan fingerprint density at radius 2 is 0.754 bits per heavy atom. The number of hydrogen-bond acceptors (Lipinski definition) is 3. The van der Waals surface area contributed by atoms with Crippen LogP contribution in [0.25, 0.3) is 142 Å². The largest absolute Gasteiger partial charge is 0.456 e. The number of para-hydroxylation sites is 1. The van der Waals surface area contributed by atoms with Crippen molar-refractivity contribution in [3.8, 4) is 33.4 Å². The van der Waals surface area contributed by atoms with Crippen LogP contribution in [0.3, 0.4) is 0 Å². The first kappa shape index (κ1) is 32.8. The molecule has 11 aromatic carbocycles. The third-order valence-corrected chi connectivity index (χ3v) is 13.0. The summed E-state index contributed by atoms with van der Waals surface area (Å²) < 4.78 is 19.9. The van der Waals surface area contributed by atoms with Gasteiger partial charge in [-0.2, -0.15) is 0 Å². The molecule has 14 rings (SSSR count). The Bertz CT molecular complexity index is 4120. The van der Waals surface area contributed by atoms with Gasteiger partial charge in [-0.3, -0.25) is 0 Å². The lowest BCUT2D eigenvalue weighted by atomic mass is 9.85. The second kappa shape index (κ2) is 12.2. The normalized spacial score (nSPS) is 12.3. The van der Waals surface area contributed by atoms with Crippen LogP contribution in [-0.4, -0.2) is 0 Å². The Kier molecular flexibility index (Phi) is 6.56. The summed E-state index contributed by atoms with van der Waals surface area (Å²) in [6.07, 6.45) is 0. The fourth-order valence-corrected chi connectivity index (χ4v) is 10.3. The molecular formula is C58H32O3. The summed E-state index contributed by atoms with van der Waals surface area (Å²) in [4.78, 5) is 0. The van der Waals surface area contributed by atoms with E-state index in [-0.39, 0.29) is 0 Å². The van der Waals surface area contributed by atoms with Gasteiger partial charge in [-0.1, -0.05) is 140 Å². The molecule has 14 aromatic rings. The highest BCUT2D eigenvalue weighted by Gasteiger charge is 2.21. The summed E-state index contributed by atoms with van der Waals surface area (Å²) in [6, 6.07) is 69.7. The minimum absolute atomic E-state index is 0.829. The minimum Gasteiger partial charge on any atom is -0.456 e. The maximum absolute atomic E-state index is 6.84. The van der Waals surface area contributed by atoms with Crippen molar-refractivity contribution >= 4 is 109 Å². The van der Waals surface area contributed by atoms with E-state index in [1.807, 2.05) is 12.1 Å². The Balaban J connectivity index is 0.946. The molecule has 0 atom stereocenters. The maximum atomic E-state index is 6.84. The van der Waals surface area contributed by atoms with E-state index < -0.39 is 0 Å². The molecule has 61 heavy (non-hydrogen) atoms. The first-order valence-corrected chi connectivity index (χ1v) is 20.8. The Morgan fingerprint density at radius 1 is 0.246 bits per heavy atom. The highest BCUT2D eigenvalue weighted by atomic mass is 16.3. The number of furan rings is 3. The first-order valence-electron chi connectivity index (χ1n) is 20.8. The molecule has 3 aromatic heterocycles. The monoisotopic (exact) mass is 776 g/mol. The van der Waals surface area contributed by atoms with Crippen LogP contribution < -0.4 is 0 Å². The zero-order chi connectivity index (χ0) is 39.8. The van der Waals surface area contributed by atoms with Crippen molar-refractivity contribution in [1.29, 1.82) is 0 Å². The predicted molar refractivity (Wildman–Crippen MR) is 255 cm³/mol. The van der Waals surface area contributed by atoms with Gasteiger partial charge >= 0.3 is 0 Å². The summed E-state index contributed by atoms with van der Waals surface area (Å²) in [7, 11) is 0. The molecule has 0 N–H and O–H groups in total. The van der Waals surface area contributed by atoms with Crippen LogP contribution in [0.5, 0.6) is 0 Å². The fourth-order valence-electron chi connectivity index (χ4n) is 10.3. The molecular weight excluding hydrogens is 745 g/mol. The smallest absolute Gasteiger partial charge is 0.147 e. The molecule has 0 radical (unpaired) electrons. The molecule has 0 aliphatic rings. The predicted octanol–water partition coefficient (Wildman–Crippen LogP) is 17.0. The topological polar surface area (TPSA) is 39.4 Å². The highest BCUT2D eigenvalue weighted by Crippen LogP contribution is 2.47. The van der Waals surface area contributed by atoms with Crippen LogP contribution in [0.2, 0.25) is 0 Å². The molecule has 0 saturated heterocycles. The van der Waals surface area contributed by atoms with E-state index in [1.165, 1.54) is 49.0 Å². The van der Waals surface area contributed by atoms with Crippen molar-refractivity contribution in [1.82, 2.24) is 0 Å². The van der Waals surface area contributed by atoms with Crippen molar-refractivity contribution in [3.05, 3.63) is 194 Å². The van der Waals surface area contributed by atoms with Gasteiger partial charge in [-0.15, -0.1) is 0 Å². The van der Waals surface area contributed by atoms with Crippen molar-refractivity contribution in [2.24, 2.45) is 0 Å². The molecule has 0 fully saturated rings. The van der Waals surface area contributed by atoms with Gasteiger partial charge in [0.1, 0.15) is 33.5 Å². The molecule has 3 nitrogen and oxygen atoms in total. The lowest BCUT2D eigenvalue weighted by molar-refractivity contribution is 0.664. The fraction of sp³-hybridized carbons (Fsp3) is 0. The second-order valence-corrected chi connectivity index (χ2v) is 16.3. The van der Waals surface area contributed by atoms with Crippen molar-refractivity contribution in [2.75, 3.05) is 0 Å². The van der Waals surface area contributed by atoms with Gasteiger partial charge in [-0.25, -0.2) is 0 Å². The number of benzene rings is 11. The van der Waals surface area contributed by atoms with Crippen LogP contribution in [0.15, 0.2) is 207 Å². The standard InChI is InChI=1S/C58H32O3/c1-2-12-34-29-36(22-21-33(34)11-1)54-41-14-4-6-16-43(41)55(44-17-7-5-15-42(44)54)37-24-26-40-39-25-23-35(30-52(39)60-53(40)31-37)48-32-49-46-27-28-51-56(47-19-9-10-20-50(47)59-51)58(46)61-57(49)45-18-8-3-13-38(45)48/h1-32H. The summed E-state index contributed by atoms with van der Waals surface area (Å²) in [6.45, 7) is 0. The first-order chi connectivity index (χ1) is 30.2. The Hall–Kier alpha value is -8.14. The van der Waals surface area contributed by atoms with Gasteiger partial charge in [0.2, 0.25) is 0 Å². The van der Waals surface area contributed by atoms with Crippen molar-refractivity contribution in [2.45, 2.75) is 0 Å². The molecule has 0 aliphatic heterocycles. The number of rotatable bonds is 3. The molecule has 0 spiro atoms. The van der Waals surface area contributed by atoms with E-state index in [9.17, 15) is 0 Å². The van der Waals surface area contributed by atoms with Gasteiger partial charge in [0.15, 0.2) is 0 Å². The van der Waals surface area contributed by atoms with Gasteiger partial charge in [0, 0.05) is 32.3 Å². The van der Waals surface area contributed by atoms with E-state index in [4.69, 9.17) is 13.3 Å². The van der Waals surface area contributed by atoms with E-state index in [1.54, 1.807) is 0 Å². The van der Waals surface area contributed by atoms with Crippen LogP contribution in [0, 0.1) is 0 Å². The minimum atomic E-state index is 0.829. The van der Waals surface area contributed by atoms with Gasteiger partial charge in [-0.05, 0) is 126 Å². The quantitative estimate of drug-likeness (QED) is 0.168. The molecule has 0 unspecified atom stereocenters. The number of hydrogen-bond donors (Lipinski definition) is 0. The molecule has 0 bridgehead atoms. The Morgan fingerprint density at radius 3 is 1.48 bits per heavy atom. The zero-order valence-corrected chi connectivity index (χ0v) is 32.7. The van der Waals surface area contributed by atoms with Crippen molar-refractivity contribution < 1.29 is 13.3 Å². The van der Waals surface area contributed by atoms with Crippen molar-refractivity contribution in [3.63, 3.8) is 0 Å². The summed E-state index contributed by atoms with van der Waals surface area (Å²) >= 11 is 0. The highest BCUT2D eigenvalue weighted by molar-refractivity contribution is 6.27. The number of fused-ring (bicyclic) bond motifs is 15. The van der Waals surface area contributed by atoms with Gasteiger partial charge in [0.25, 0.3) is 0 Å². The van der Waals surface area contributed by atoms with E-state index in [2.05, 4.69) is 182 Å². The molecule has 282 valence electrons. The van der Waals surface area contributed by atoms with Gasteiger partial charge in [0.05, 0.1) is 5.39 Å². The summed E-state index contributed by atoms with van der Waals surface area (Å²) in [5, 5.41) is 16.0. The lowest BCUT2D eigenvalue weighted by Gasteiger charge is -2.18. The molecule has 0 amide bonds. The average molecular weight is 777 g/mol. The van der Waals surface area contributed by atoms with Crippen LogP contribution in [0.4, 0.5) is 0 Å². The lowest BCUT2D eigenvalue weighted by Crippen LogP contribution is -1.91. The van der Waals surface area contributed by atoms with Crippen LogP contribution in [0.1, 0.15) is 0 Å². The molecule has 0 saturated carbocycles. The molecule has 3 heteroatoms. The van der Waals surface area contributed by atoms with Crippen LogP contribution >= 0.6 is 0 Å². The van der Waals surface area contributed by atoms with Crippen LogP contribution in [-0.2, 0) is 0 Å². The third-order valence-electron chi connectivity index (χ3n) is 13.0.